The van der Waals surface area contributed by atoms with Crippen molar-refractivity contribution in [1.82, 2.24) is 5.43 Å². The van der Waals surface area contributed by atoms with Gasteiger partial charge in [0.2, 0.25) is 5.82 Å². The molecule has 1 radical (unpaired) electrons. The third-order valence-electron chi connectivity index (χ3n) is 1.94. The minimum Gasteiger partial charge on any atom is -0.362 e. The highest BCUT2D eigenvalue weighted by molar-refractivity contribution is 5.48. The predicted octanol–water partition coefficient (Wildman–Crippen LogP) is 2.31. The normalized spacial score (nSPS) is 14.5. The number of allylic oxidation sites excluding steroid dienone is 1. The zero-order chi connectivity index (χ0) is 12.7. The van der Waals surface area contributed by atoms with Crippen molar-refractivity contribution in [2.75, 3.05) is 5.17 Å². The predicted molar refractivity (Wildman–Crippen MR) is 46.4 cm³/mol. The van der Waals surface area contributed by atoms with Gasteiger partial charge in [0.15, 0.2) is 34.7 Å². The SMILES string of the molecule is [CH2]C1=CNN(c2c(F)c(F)c(F)c(F)c2F)O1. The van der Waals surface area contributed by atoms with Gasteiger partial charge in [0.1, 0.15) is 0 Å². The quantitative estimate of drug-likeness (QED) is 0.471. The smallest absolute Gasteiger partial charge is 0.200 e. The Bertz CT molecular complexity index is 488. The molecule has 1 N–H and O–H groups in total. The molecule has 0 aliphatic carbocycles. The van der Waals surface area contributed by atoms with Crippen LogP contribution in [-0.2, 0) is 4.84 Å². The maximum atomic E-state index is 13.3. The zero-order valence-electron chi connectivity index (χ0n) is 8.03. The summed E-state index contributed by atoms with van der Waals surface area (Å²) in [7, 11) is 0. The Morgan fingerprint density at radius 1 is 0.941 bits per heavy atom. The average molecular weight is 251 g/mol. The molecule has 1 heterocycles. The highest BCUT2D eigenvalue weighted by Gasteiger charge is 2.31. The molecule has 0 aromatic heterocycles. The van der Waals surface area contributed by atoms with Gasteiger partial charge in [-0.2, -0.15) is 0 Å². The Morgan fingerprint density at radius 2 is 1.41 bits per heavy atom. The number of nitrogens with zero attached hydrogens (tertiary/aromatic N) is 1. The summed E-state index contributed by atoms with van der Waals surface area (Å²) in [6, 6.07) is 0. The highest BCUT2D eigenvalue weighted by Crippen LogP contribution is 2.31. The van der Waals surface area contributed by atoms with E-state index >= 15 is 0 Å². The van der Waals surface area contributed by atoms with Gasteiger partial charge >= 0.3 is 0 Å². The molecule has 8 heteroatoms. The van der Waals surface area contributed by atoms with Crippen molar-refractivity contribution in [3.8, 4) is 0 Å². The van der Waals surface area contributed by atoms with Crippen LogP contribution in [0.3, 0.4) is 0 Å². The lowest BCUT2D eigenvalue weighted by Gasteiger charge is -2.19. The fourth-order valence-corrected chi connectivity index (χ4v) is 1.18. The van der Waals surface area contributed by atoms with Crippen LogP contribution in [0.5, 0.6) is 0 Å². The molecule has 0 amide bonds. The first-order valence-corrected chi connectivity index (χ1v) is 4.21. The Kier molecular flexibility index (Phi) is 2.56. The number of hydrazine groups is 1. The molecule has 3 nitrogen and oxygen atoms in total. The molecule has 0 saturated carbocycles. The van der Waals surface area contributed by atoms with Crippen LogP contribution in [0.1, 0.15) is 0 Å². The summed E-state index contributed by atoms with van der Waals surface area (Å²) >= 11 is 0. The van der Waals surface area contributed by atoms with Crippen LogP contribution in [-0.4, -0.2) is 0 Å². The molecule has 1 aliphatic heterocycles. The molecular formula is C9H4F5N2O. The number of anilines is 1. The molecule has 0 fully saturated rings. The van der Waals surface area contributed by atoms with E-state index in [1.807, 2.05) is 0 Å². The number of hydrogen-bond donors (Lipinski definition) is 1. The maximum Gasteiger partial charge on any atom is 0.200 e. The van der Waals surface area contributed by atoms with Gasteiger partial charge in [-0.05, 0) is 0 Å². The summed E-state index contributed by atoms with van der Waals surface area (Å²) in [6.45, 7) is 3.26. The van der Waals surface area contributed by atoms with E-state index in [9.17, 15) is 22.0 Å². The molecular weight excluding hydrogens is 247 g/mol. The zero-order valence-corrected chi connectivity index (χ0v) is 8.03. The van der Waals surface area contributed by atoms with Gasteiger partial charge in [-0.15, -0.1) is 5.17 Å². The molecule has 91 valence electrons. The maximum absolute atomic E-state index is 13.3. The van der Waals surface area contributed by atoms with Gasteiger partial charge in [-0.25, -0.2) is 22.0 Å². The van der Waals surface area contributed by atoms with Gasteiger partial charge in [0.05, 0.1) is 6.20 Å². The van der Waals surface area contributed by atoms with E-state index in [1.165, 1.54) is 0 Å². The standard InChI is InChI=1S/C9H4F5N2O/c1-3-2-15-16(17-3)9-7(13)5(11)4(10)6(12)8(9)14/h2,15H,1H2. The lowest BCUT2D eigenvalue weighted by Crippen LogP contribution is -2.31. The van der Waals surface area contributed by atoms with Crippen LogP contribution < -0.4 is 10.6 Å². The van der Waals surface area contributed by atoms with Crippen LogP contribution in [0.25, 0.3) is 0 Å². The number of halogens is 5. The molecule has 17 heavy (non-hydrogen) atoms. The summed E-state index contributed by atoms with van der Waals surface area (Å²) in [5.41, 5.74) is 0.889. The molecule has 1 aromatic carbocycles. The van der Waals surface area contributed by atoms with Crippen LogP contribution >= 0.6 is 0 Å². The molecule has 1 aromatic rings. The van der Waals surface area contributed by atoms with Crippen LogP contribution in [0.4, 0.5) is 27.6 Å². The van der Waals surface area contributed by atoms with Crippen molar-refractivity contribution < 1.29 is 26.8 Å². The highest BCUT2D eigenvalue weighted by atomic mass is 19.2. The van der Waals surface area contributed by atoms with Crippen molar-refractivity contribution >= 4 is 5.69 Å². The van der Waals surface area contributed by atoms with Crippen LogP contribution in [0, 0.1) is 36.0 Å². The summed E-state index contributed by atoms with van der Waals surface area (Å²) in [5, 5.41) is 0.290. The van der Waals surface area contributed by atoms with E-state index in [-0.39, 0.29) is 5.76 Å². The Labute approximate surface area is 92.0 Å². The van der Waals surface area contributed by atoms with Gasteiger partial charge in [0.25, 0.3) is 0 Å². The molecule has 0 saturated heterocycles. The second kappa shape index (κ2) is 3.79. The summed E-state index contributed by atoms with van der Waals surface area (Å²) < 4.78 is 64.9. The van der Waals surface area contributed by atoms with Gasteiger partial charge in [-0.1, -0.05) is 0 Å². The monoisotopic (exact) mass is 251 g/mol. The third-order valence-corrected chi connectivity index (χ3v) is 1.94. The lowest BCUT2D eigenvalue weighted by atomic mass is 10.2. The summed E-state index contributed by atoms with van der Waals surface area (Å²) in [5.74, 6) is -10.4. The largest absolute Gasteiger partial charge is 0.362 e. The molecule has 0 unspecified atom stereocenters. The molecule has 0 bridgehead atoms. The lowest BCUT2D eigenvalue weighted by molar-refractivity contribution is 0.191. The number of nitrogens with one attached hydrogen (secondary N) is 1. The molecule has 0 atom stereocenters. The van der Waals surface area contributed by atoms with Gasteiger partial charge in [0, 0.05) is 6.92 Å². The second-order valence-electron chi connectivity index (χ2n) is 3.04. The van der Waals surface area contributed by atoms with Crippen molar-refractivity contribution in [3.05, 3.63) is 48.0 Å². The average Bonchev–Trinajstić information content (AvgIpc) is 2.71. The number of rotatable bonds is 1. The molecule has 1 aliphatic rings. The van der Waals surface area contributed by atoms with Gasteiger partial charge < -0.3 is 4.84 Å². The minimum atomic E-state index is -2.23. The first-order chi connectivity index (χ1) is 7.93. The minimum absolute atomic E-state index is 0.0473. The van der Waals surface area contributed by atoms with E-state index in [4.69, 9.17) is 0 Å². The topological polar surface area (TPSA) is 24.5 Å². The van der Waals surface area contributed by atoms with E-state index in [1.54, 1.807) is 0 Å². The first kappa shape index (κ1) is 11.5. The Hall–Kier alpha value is -1.99. The Morgan fingerprint density at radius 3 is 1.82 bits per heavy atom. The second-order valence-corrected chi connectivity index (χ2v) is 3.04. The van der Waals surface area contributed by atoms with Crippen molar-refractivity contribution in [2.45, 2.75) is 0 Å². The van der Waals surface area contributed by atoms with E-state index in [0.29, 0.717) is 5.17 Å². The van der Waals surface area contributed by atoms with E-state index in [2.05, 4.69) is 17.2 Å². The number of benzene rings is 1. The van der Waals surface area contributed by atoms with Crippen molar-refractivity contribution in [2.24, 2.45) is 0 Å². The first-order valence-electron chi connectivity index (χ1n) is 4.21. The molecule has 2 rings (SSSR count). The third kappa shape index (κ3) is 1.65. The summed E-state index contributed by atoms with van der Waals surface area (Å²) in [6.07, 6.45) is 1.08. The molecule has 0 spiro atoms. The van der Waals surface area contributed by atoms with Crippen molar-refractivity contribution in [3.63, 3.8) is 0 Å². The van der Waals surface area contributed by atoms with Crippen LogP contribution in [0.15, 0.2) is 12.0 Å². The fourth-order valence-electron chi connectivity index (χ4n) is 1.18. The van der Waals surface area contributed by atoms with Crippen molar-refractivity contribution in [1.29, 1.82) is 0 Å². The van der Waals surface area contributed by atoms with Gasteiger partial charge in [-0.3, -0.25) is 5.43 Å². The van der Waals surface area contributed by atoms with Crippen LogP contribution in [0.2, 0.25) is 0 Å². The van der Waals surface area contributed by atoms with E-state index < -0.39 is 34.8 Å². The Balaban J connectivity index is 2.55. The summed E-state index contributed by atoms with van der Waals surface area (Å²) in [4.78, 5) is 4.60. The van der Waals surface area contributed by atoms with E-state index in [0.717, 1.165) is 6.20 Å². The number of hydrogen-bond acceptors (Lipinski definition) is 3. The fraction of sp³-hybridized carbons (Fsp3) is 0.